The smallest absolute Gasteiger partial charge is 0.192 e. The summed E-state index contributed by atoms with van der Waals surface area (Å²) in [5.41, 5.74) is 0. The van der Waals surface area contributed by atoms with Crippen LogP contribution in [0.15, 0.2) is 35.0 Å². The molecule has 0 amide bonds. The van der Waals surface area contributed by atoms with Crippen LogP contribution in [0.5, 0.6) is 0 Å². The van der Waals surface area contributed by atoms with Crippen LogP contribution >= 0.6 is 22.6 Å². The molecular formula is C34H67IO3Si2. The Hall–Kier alpha value is 0.264. The highest BCUT2D eigenvalue weighted by atomic mass is 127. The molecule has 0 unspecified atom stereocenters. The van der Waals surface area contributed by atoms with Crippen LogP contribution in [0.1, 0.15) is 95.4 Å². The molecule has 0 saturated heterocycles. The van der Waals surface area contributed by atoms with E-state index in [-0.39, 0.29) is 24.0 Å². The average molecular weight is 707 g/mol. The SMILES string of the molecule is C=C/C=C\[C@H](C)[C@H](O)[C@@H](C)[C@@H](CC[C@H](C)C[C@H](C)[C@@H](O[Si](CC)(CC)CC)[C@@H](C)/C=C\I)O[Si](CC)(CC)CC. The summed E-state index contributed by atoms with van der Waals surface area (Å²) >= 11 is 2.35. The second-order valence-electron chi connectivity index (χ2n) is 12.6. The number of aliphatic hydroxyl groups excluding tert-OH is 1. The second-order valence-corrected chi connectivity index (χ2v) is 22.8. The van der Waals surface area contributed by atoms with Crippen LogP contribution in [0.3, 0.4) is 0 Å². The fraction of sp³-hybridized carbons (Fsp3) is 0.824. The molecule has 0 saturated carbocycles. The van der Waals surface area contributed by atoms with Gasteiger partial charge in [0.25, 0.3) is 0 Å². The van der Waals surface area contributed by atoms with Gasteiger partial charge in [0.2, 0.25) is 0 Å². The lowest BCUT2D eigenvalue weighted by Gasteiger charge is -2.40. The van der Waals surface area contributed by atoms with Gasteiger partial charge >= 0.3 is 0 Å². The van der Waals surface area contributed by atoms with E-state index in [0.29, 0.717) is 17.8 Å². The van der Waals surface area contributed by atoms with E-state index in [1.165, 1.54) is 18.1 Å². The zero-order chi connectivity index (χ0) is 30.9. The van der Waals surface area contributed by atoms with Gasteiger partial charge in [0, 0.05) is 11.8 Å². The molecule has 0 radical (unpaired) electrons. The highest BCUT2D eigenvalue weighted by Crippen LogP contribution is 2.35. The van der Waals surface area contributed by atoms with Crippen molar-refractivity contribution in [1.29, 1.82) is 0 Å². The molecule has 0 aliphatic rings. The Morgan fingerprint density at radius 3 is 1.70 bits per heavy atom. The molecule has 0 rings (SSSR count). The second kappa shape index (κ2) is 21.0. The monoisotopic (exact) mass is 706 g/mol. The quantitative estimate of drug-likeness (QED) is 0.0653. The molecule has 0 fully saturated rings. The first kappa shape index (κ1) is 40.3. The maximum absolute atomic E-state index is 11.3. The molecule has 0 aromatic rings. The van der Waals surface area contributed by atoms with Crippen molar-refractivity contribution < 1.29 is 14.0 Å². The summed E-state index contributed by atoms with van der Waals surface area (Å²) in [6.45, 7) is 29.2. The molecule has 6 heteroatoms. The summed E-state index contributed by atoms with van der Waals surface area (Å²) in [6.07, 6.45) is 11.3. The van der Waals surface area contributed by atoms with Crippen LogP contribution in [0.2, 0.25) is 36.3 Å². The van der Waals surface area contributed by atoms with Crippen molar-refractivity contribution in [1.82, 2.24) is 0 Å². The van der Waals surface area contributed by atoms with Gasteiger partial charge in [-0.15, -0.1) is 0 Å². The Kier molecular flexibility index (Phi) is 21.2. The predicted molar refractivity (Wildman–Crippen MR) is 192 cm³/mol. The van der Waals surface area contributed by atoms with Crippen molar-refractivity contribution in [2.75, 3.05) is 0 Å². The molecule has 1 N–H and O–H groups in total. The van der Waals surface area contributed by atoms with Crippen molar-refractivity contribution >= 4 is 39.2 Å². The van der Waals surface area contributed by atoms with Gasteiger partial charge in [0.05, 0.1) is 18.3 Å². The molecule has 236 valence electrons. The Balaban J connectivity index is 5.79. The zero-order valence-electron chi connectivity index (χ0n) is 28.2. The van der Waals surface area contributed by atoms with Gasteiger partial charge in [0.15, 0.2) is 16.6 Å². The number of hydrogen-bond donors (Lipinski definition) is 1. The van der Waals surface area contributed by atoms with Crippen molar-refractivity contribution in [3.8, 4) is 0 Å². The third kappa shape index (κ3) is 12.9. The Labute approximate surface area is 266 Å². The zero-order valence-corrected chi connectivity index (χ0v) is 32.4. The first-order chi connectivity index (χ1) is 18.9. The van der Waals surface area contributed by atoms with Crippen molar-refractivity contribution in [3.05, 3.63) is 35.0 Å². The van der Waals surface area contributed by atoms with Crippen LogP contribution in [0.25, 0.3) is 0 Å². The maximum Gasteiger partial charge on any atom is 0.192 e. The molecule has 0 bridgehead atoms. The minimum Gasteiger partial charge on any atom is -0.414 e. The lowest BCUT2D eigenvalue weighted by atomic mass is 9.83. The minimum atomic E-state index is -1.80. The van der Waals surface area contributed by atoms with Crippen molar-refractivity contribution in [2.45, 2.75) is 150 Å². The first-order valence-electron chi connectivity index (χ1n) is 16.5. The van der Waals surface area contributed by atoms with E-state index >= 15 is 0 Å². The van der Waals surface area contributed by atoms with Crippen molar-refractivity contribution in [2.24, 2.45) is 29.6 Å². The number of halogens is 1. The standard InChI is InChI=1S/C34H67IO3Si2/c1-13-20-21-28(9)33(36)31(12)32(37-39(14-2,15-3)16-4)23-22-27(8)26-30(11)34(29(10)24-25-35)38-40(17-5,18-6)19-7/h13,20-21,24-25,27-34,36H,1,14-19,22-23,26H2,2-12H3/b21-20-,25-24-/t27-,28-,29-,30-,31-,32+,33-,34-/m0/s1. The van der Waals surface area contributed by atoms with Crippen LogP contribution in [-0.2, 0) is 8.85 Å². The third-order valence-electron chi connectivity index (χ3n) is 10.0. The van der Waals surface area contributed by atoms with E-state index in [2.05, 4.69) is 122 Å². The van der Waals surface area contributed by atoms with Crippen molar-refractivity contribution in [3.63, 3.8) is 0 Å². The molecular weight excluding hydrogens is 639 g/mol. The molecule has 0 spiro atoms. The predicted octanol–water partition coefficient (Wildman–Crippen LogP) is 11.2. The molecule has 0 aromatic heterocycles. The van der Waals surface area contributed by atoms with Crippen LogP contribution < -0.4 is 0 Å². The third-order valence-corrected chi connectivity index (χ3v) is 19.8. The summed E-state index contributed by atoms with van der Waals surface area (Å²) in [4.78, 5) is 0. The molecule has 40 heavy (non-hydrogen) atoms. The molecule has 3 nitrogen and oxygen atoms in total. The summed E-state index contributed by atoms with van der Waals surface area (Å²) in [6, 6.07) is 6.98. The molecule has 0 aliphatic carbocycles. The van der Waals surface area contributed by atoms with Crippen LogP contribution in [0, 0.1) is 29.6 Å². The Morgan fingerprint density at radius 1 is 0.750 bits per heavy atom. The Bertz CT molecular complexity index is 703. The molecule has 0 heterocycles. The number of hydrogen-bond acceptors (Lipinski definition) is 3. The van der Waals surface area contributed by atoms with E-state index in [1.807, 2.05) is 6.08 Å². The summed E-state index contributed by atoms with van der Waals surface area (Å²) < 4.78 is 16.4. The lowest BCUT2D eigenvalue weighted by molar-refractivity contribution is 0.00418. The summed E-state index contributed by atoms with van der Waals surface area (Å²) in [5, 5.41) is 11.3. The number of rotatable bonds is 23. The topological polar surface area (TPSA) is 38.7 Å². The lowest BCUT2D eigenvalue weighted by Crippen LogP contribution is -2.45. The highest BCUT2D eigenvalue weighted by Gasteiger charge is 2.38. The van der Waals surface area contributed by atoms with Gasteiger partial charge in [-0.2, -0.15) is 0 Å². The fourth-order valence-corrected chi connectivity index (χ4v) is 13.1. The van der Waals surface area contributed by atoms with Gasteiger partial charge in [-0.05, 0) is 77.4 Å². The van der Waals surface area contributed by atoms with Gasteiger partial charge < -0.3 is 14.0 Å². The normalized spacial score (nSPS) is 19.3. The van der Waals surface area contributed by atoms with Crippen LogP contribution in [0.4, 0.5) is 0 Å². The van der Waals surface area contributed by atoms with E-state index in [9.17, 15) is 5.11 Å². The molecule has 8 atom stereocenters. The van der Waals surface area contributed by atoms with E-state index in [4.69, 9.17) is 8.85 Å². The van der Waals surface area contributed by atoms with Gasteiger partial charge in [-0.3, -0.25) is 0 Å². The fourth-order valence-electron chi connectivity index (χ4n) is 6.41. The van der Waals surface area contributed by atoms with Gasteiger partial charge in [-0.25, -0.2) is 0 Å². The summed E-state index contributed by atoms with van der Waals surface area (Å²) in [7, 11) is -3.51. The highest BCUT2D eigenvalue weighted by molar-refractivity contribution is 14.1. The summed E-state index contributed by atoms with van der Waals surface area (Å²) in [5.74, 6) is 1.64. The molecule has 0 aromatic carbocycles. The average Bonchev–Trinajstić information content (AvgIpc) is 2.96. The minimum absolute atomic E-state index is 0.0722. The number of aliphatic hydroxyl groups is 1. The van der Waals surface area contributed by atoms with E-state index in [0.717, 1.165) is 37.4 Å². The maximum atomic E-state index is 11.3. The van der Waals surface area contributed by atoms with Gasteiger partial charge in [-0.1, -0.05) is 130 Å². The Morgan fingerprint density at radius 2 is 1.25 bits per heavy atom. The van der Waals surface area contributed by atoms with E-state index in [1.54, 1.807) is 6.08 Å². The molecule has 0 aliphatic heterocycles. The largest absolute Gasteiger partial charge is 0.414 e. The van der Waals surface area contributed by atoms with Gasteiger partial charge in [0.1, 0.15) is 0 Å². The van der Waals surface area contributed by atoms with Crippen LogP contribution in [-0.4, -0.2) is 40.1 Å². The van der Waals surface area contributed by atoms with E-state index < -0.39 is 22.7 Å². The number of allylic oxidation sites excluding steroid dienone is 2. The first-order valence-corrected chi connectivity index (χ1v) is 22.8.